The number of benzene rings is 1. The van der Waals surface area contributed by atoms with Crippen LogP contribution in [0.3, 0.4) is 0 Å². The van der Waals surface area contributed by atoms with Crippen molar-refractivity contribution in [3.63, 3.8) is 0 Å². The summed E-state index contributed by atoms with van der Waals surface area (Å²) in [6.45, 7) is 5.81. The van der Waals surface area contributed by atoms with Gasteiger partial charge in [-0.15, -0.1) is 0 Å². The van der Waals surface area contributed by atoms with Crippen molar-refractivity contribution in [1.82, 2.24) is 5.32 Å². The molecule has 0 fully saturated rings. The molecule has 0 aliphatic carbocycles. The number of carbonyl (C=O) groups excluding carboxylic acids is 1. The Bertz CT molecular complexity index is 451. The van der Waals surface area contributed by atoms with Crippen molar-refractivity contribution < 1.29 is 9.18 Å². The number of nitrogens with one attached hydrogen (secondary N) is 1. The molecule has 0 aliphatic rings. The zero-order chi connectivity index (χ0) is 14.6. The fourth-order valence-electron chi connectivity index (χ4n) is 1.87. The van der Waals surface area contributed by atoms with Crippen molar-refractivity contribution in [2.45, 2.75) is 39.3 Å². The van der Waals surface area contributed by atoms with E-state index in [1.807, 2.05) is 13.8 Å². The number of rotatable bonds is 5. The van der Waals surface area contributed by atoms with Crippen LogP contribution in [0.5, 0.6) is 0 Å². The van der Waals surface area contributed by atoms with Gasteiger partial charge in [0.15, 0.2) is 0 Å². The summed E-state index contributed by atoms with van der Waals surface area (Å²) in [6, 6.07) is 3.27. The van der Waals surface area contributed by atoms with Crippen LogP contribution >= 0.6 is 11.6 Å². The number of nitrogens with two attached hydrogens (primary N) is 1. The first-order valence-corrected chi connectivity index (χ1v) is 6.70. The SMILES string of the molecule is CC(C)C[C@H](N)C(=O)NC(C)c1ccc(F)cc1Cl. The third-order valence-corrected chi connectivity index (χ3v) is 3.18. The lowest BCUT2D eigenvalue weighted by Crippen LogP contribution is -2.42. The first-order chi connectivity index (χ1) is 8.81. The van der Waals surface area contributed by atoms with Crippen LogP contribution in [-0.4, -0.2) is 11.9 Å². The van der Waals surface area contributed by atoms with Gasteiger partial charge in [-0.25, -0.2) is 4.39 Å². The maximum atomic E-state index is 13.0. The summed E-state index contributed by atoms with van der Waals surface area (Å²) in [7, 11) is 0. The van der Waals surface area contributed by atoms with E-state index >= 15 is 0 Å². The molecule has 106 valence electrons. The Hall–Kier alpha value is -1.13. The van der Waals surface area contributed by atoms with Gasteiger partial charge in [0.1, 0.15) is 5.82 Å². The third kappa shape index (κ3) is 4.80. The zero-order valence-corrected chi connectivity index (χ0v) is 12.2. The lowest BCUT2D eigenvalue weighted by Gasteiger charge is -2.19. The number of hydrogen-bond donors (Lipinski definition) is 2. The normalized spacial score (nSPS) is 14.3. The second-order valence-corrected chi connectivity index (χ2v) is 5.54. The van der Waals surface area contributed by atoms with Crippen LogP contribution in [0, 0.1) is 11.7 Å². The minimum Gasteiger partial charge on any atom is -0.348 e. The van der Waals surface area contributed by atoms with Crippen LogP contribution in [-0.2, 0) is 4.79 Å². The highest BCUT2D eigenvalue weighted by atomic mass is 35.5. The Morgan fingerprint density at radius 3 is 2.58 bits per heavy atom. The lowest BCUT2D eigenvalue weighted by molar-refractivity contribution is -0.123. The Balaban J connectivity index is 2.68. The molecule has 0 saturated carbocycles. The molecule has 0 bridgehead atoms. The van der Waals surface area contributed by atoms with Gasteiger partial charge in [0.2, 0.25) is 5.91 Å². The molecule has 19 heavy (non-hydrogen) atoms. The minimum absolute atomic E-state index is 0.221. The average Bonchev–Trinajstić information content (AvgIpc) is 2.27. The lowest BCUT2D eigenvalue weighted by atomic mass is 10.0. The molecule has 0 aromatic heterocycles. The second kappa shape index (κ2) is 6.87. The largest absolute Gasteiger partial charge is 0.348 e. The van der Waals surface area contributed by atoms with E-state index in [-0.39, 0.29) is 11.9 Å². The third-order valence-electron chi connectivity index (χ3n) is 2.85. The predicted octanol–water partition coefficient (Wildman–Crippen LogP) is 3.03. The van der Waals surface area contributed by atoms with E-state index in [9.17, 15) is 9.18 Å². The van der Waals surface area contributed by atoms with Crippen molar-refractivity contribution >= 4 is 17.5 Å². The van der Waals surface area contributed by atoms with Gasteiger partial charge in [0.05, 0.1) is 12.1 Å². The molecule has 0 spiro atoms. The van der Waals surface area contributed by atoms with Crippen LogP contribution in [0.2, 0.25) is 5.02 Å². The maximum Gasteiger partial charge on any atom is 0.237 e. The zero-order valence-electron chi connectivity index (χ0n) is 11.4. The topological polar surface area (TPSA) is 55.1 Å². The number of halogens is 2. The molecule has 1 amide bonds. The Labute approximate surface area is 118 Å². The van der Waals surface area contributed by atoms with Gasteiger partial charge in [-0.2, -0.15) is 0 Å². The van der Waals surface area contributed by atoms with E-state index in [4.69, 9.17) is 17.3 Å². The fourth-order valence-corrected chi connectivity index (χ4v) is 2.20. The Morgan fingerprint density at radius 2 is 2.05 bits per heavy atom. The summed E-state index contributed by atoms with van der Waals surface area (Å²) in [5, 5.41) is 3.09. The molecule has 0 aliphatic heterocycles. The van der Waals surface area contributed by atoms with Gasteiger partial charge < -0.3 is 11.1 Å². The van der Waals surface area contributed by atoms with E-state index in [1.54, 1.807) is 13.0 Å². The minimum atomic E-state index is -0.540. The molecule has 0 heterocycles. The van der Waals surface area contributed by atoms with E-state index in [2.05, 4.69) is 5.32 Å². The van der Waals surface area contributed by atoms with Gasteiger partial charge in [-0.05, 0) is 37.0 Å². The van der Waals surface area contributed by atoms with Crippen LogP contribution in [0.4, 0.5) is 4.39 Å². The molecule has 3 N–H and O–H groups in total. The van der Waals surface area contributed by atoms with E-state index < -0.39 is 11.9 Å². The molecular weight excluding hydrogens is 267 g/mol. The van der Waals surface area contributed by atoms with Crippen LogP contribution in [0.25, 0.3) is 0 Å². The Kier molecular flexibility index (Phi) is 5.76. The summed E-state index contributed by atoms with van der Waals surface area (Å²) in [5.74, 6) is -0.268. The quantitative estimate of drug-likeness (QED) is 0.874. The summed E-state index contributed by atoms with van der Waals surface area (Å²) >= 11 is 5.95. The van der Waals surface area contributed by atoms with Crippen molar-refractivity contribution in [1.29, 1.82) is 0 Å². The summed E-state index contributed by atoms with van der Waals surface area (Å²) < 4.78 is 13.0. The highest BCUT2D eigenvalue weighted by Gasteiger charge is 2.19. The van der Waals surface area contributed by atoms with Crippen LogP contribution in [0.15, 0.2) is 18.2 Å². The summed E-state index contributed by atoms with van der Waals surface area (Å²) in [6.07, 6.45) is 0.621. The number of hydrogen-bond acceptors (Lipinski definition) is 2. The van der Waals surface area contributed by atoms with Crippen molar-refractivity contribution in [3.8, 4) is 0 Å². The summed E-state index contributed by atoms with van der Waals surface area (Å²) in [5.41, 5.74) is 6.48. The van der Waals surface area contributed by atoms with E-state index in [0.29, 0.717) is 22.9 Å². The standard InChI is InChI=1S/C14H20ClFN2O/c1-8(2)6-13(17)14(19)18-9(3)11-5-4-10(16)7-12(11)15/h4-5,7-9,13H,6,17H2,1-3H3,(H,18,19)/t9?,13-/m0/s1. The summed E-state index contributed by atoms with van der Waals surface area (Å²) in [4.78, 5) is 11.9. The highest BCUT2D eigenvalue weighted by Crippen LogP contribution is 2.23. The molecule has 1 aromatic carbocycles. The average molecular weight is 287 g/mol. The molecule has 1 unspecified atom stereocenters. The molecular formula is C14H20ClFN2O. The smallest absolute Gasteiger partial charge is 0.237 e. The Morgan fingerprint density at radius 1 is 1.42 bits per heavy atom. The predicted molar refractivity (Wildman–Crippen MR) is 75.4 cm³/mol. The molecule has 3 nitrogen and oxygen atoms in total. The van der Waals surface area contributed by atoms with Crippen molar-refractivity contribution in [3.05, 3.63) is 34.6 Å². The highest BCUT2D eigenvalue weighted by molar-refractivity contribution is 6.31. The molecule has 1 aromatic rings. The van der Waals surface area contributed by atoms with Crippen molar-refractivity contribution in [2.24, 2.45) is 11.7 Å². The molecule has 2 atom stereocenters. The van der Waals surface area contributed by atoms with Crippen molar-refractivity contribution in [2.75, 3.05) is 0 Å². The van der Waals surface area contributed by atoms with Crippen LogP contribution in [0.1, 0.15) is 38.8 Å². The first-order valence-electron chi connectivity index (χ1n) is 6.32. The molecule has 1 rings (SSSR count). The van der Waals surface area contributed by atoms with Gasteiger partial charge in [0.25, 0.3) is 0 Å². The van der Waals surface area contributed by atoms with E-state index in [1.165, 1.54) is 12.1 Å². The van der Waals surface area contributed by atoms with Crippen LogP contribution < -0.4 is 11.1 Å². The molecule has 5 heteroatoms. The molecule has 0 radical (unpaired) electrons. The van der Waals surface area contributed by atoms with Gasteiger partial charge in [-0.1, -0.05) is 31.5 Å². The van der Waals surface area contributed by atoms with E-state index in [0.717, 1.165) is 0 Å². The second-order valence-electron chi connectivity index (χ2n) is 5.13. The maximum absolute atomic E-state index is 13.0. The van der Waals surface area contributed by atoms with Gasteiger partial charge in [-0.3, -0.25) is 4.79 Å². The molecule has 0 saturated heterocycles. The monoisotopic (exact) mass is 286 g/mol. The number of amides is 1. The van der Waals surface area contributed by atoms with Gasteiger partial charge in [0, 0.05) is 5.02 Å². The first kappa shape index (κ1) is 15.9. The van der Waals surface area contributed by atoms with Gasteiger partial charge >= 0.3 is 0 Å². The number of carbonyl (C=O) groups is 1. The fraction of sp³-hybridized carbons (Fsp3) is 0.500.